The molecule has 8 nitrogen and oxygen atoms in total. The van der Waals surface area contributed by atoms with Gasteiger partial charge in [0.15, 0.2) is 11.5 Å². The molecule has 2 heterocycles. The number of carbonyl (C=O) groups is 1. The normalized spacial score (nSPS) is 16.9. The number of ether oxygens (including phenoxy) is 2. The van der Waals surface area contributed by atoms with Crippen molar-refractivity contribution in [2.75, 3.05) is 36.9 Å². The Bertz CT molecular complexity index is 845. The second-order valence-corrected chi connectivity index (χ2v) is 6.45. The molecule has 1 saturated heterocycles. The third-order valence-corrected chi connectivity index (χ3v) is 4.04. The summed E-state index contributed by atoms with van der Waals surface area (Å²) in [6.07, 6.45) is -3.41. The van der Waals surface area contributed by atoms with Crippen molar-refractivity contribution in [3.63, 3.8) is 0 Å². The van der Waals surface area contributed by atoms with Gasteiger partial charge in [0.2, 0.25) is 0 Å². The summed E-state index contributed by atoms with van der Waals surface area (Å²) in [5.74, 6) is 0.207. The van der Waals surface area contributed by atoms with Crippen LogP contribution < -0.4 is 20.7 Å². The summed E-state index contributed by atoms with van der Waals surface area (Å²) in [7, 11) is 0. The van der Waals surface area contributed by atoms with Crippen LogP contribution in [0.4, 0.5) is 29.5 Å². The van der Waals surface area contributed by atoms with Crippen LogP contribution in [0.1, 0.15) is 5.69 Å². The van der Waals surface area contributed by atoms with Gasteiger partial charge in [-0.1, -0.05) is 11.6 Å². The van der Waals surface area contributed by atoms with E-state index in [1.807, 2.05) is 0 Å². The number of hydrogen-bond donors (Lipinski definition) is 3. The van der Waals surface area contributed by atoms with Gasteiger partial charge in [-0.2, -0.15) is 13.2 Å². The molecule has 0 radical (unpaired) electrons. The minimum absolute atomic E-state index is 0.136. The molecule has 12 heteroatoms. The number of hydrogen-bond acceptors (Lipinski definition) is 6. The number of nitrogens with one attached hydrogen (secondary N) is 3. The first-order valence-electron chi connectivity index (χ1n) is 8.53. The van der Waals surface area contributed by atoms with Gasteiger partial charge in [0.1, 0.15) is 18.5 Å². The van der Waals surface area contributed by atoms with Gasteiger partial charge in [0.05, 0.1) is 24.7 Å². The van der Waals surface area contributed by atoms with E-state index in [0.29, 0.717) is 30.1 Å². The van der Waals surface area contributed by atoms with E-state index in [0.717, 1.165) is 12.7 Å². The Morgan fingerprint density at radius 1 is 1.31 bits per heavy atom. The van der Waals surface area contributed by atoms with Gasteiger partial charge in [0, 0.05) is 18.1 Å². The van der Waals surface area contributed by atoms with E-state index < -0.39 is 17.9 Å². The summed E-state index contributed by atoms with van der Waals surface area (Å²) in [5, 5.41) is 8.36. The maximum Gasteiger partial charge on any atom is 0.434 e. The number of halogens is 4. The second kappa shape index (κ2) is 9.25. The van der Waals surface area contributed by atoms with Crippen LogP contribution in [-0.2, 0) is 10.9 Å². The molecule has 156 valence electrons. The number of urea groups is 1. The van der Waals surface area contributed by atoms with E-state index >= 15 is 0 Å². The molecule has 3 rings (SSSR count). The monoisotopic (exact) mass is 431 g/mol. The van der Waals surface area contributed by atoms with Gasteiger partial charge >= 0.3 is 12.2 Å². The lowest BCUT2D eigenvalue weighted by Crippen LogP contribution is -2.41. The van der Waals surface area contributed by atoms with Gasteiger partial charge in [-0.05, 0) is 18.2 Å². The highest BCUT2D eigenvalue weighted by Crippen LogP contribution is 2.29. The van der Waals surface area contributed by atoms with E-state index in [-0.39, 0.29) is 24.2 Å². The zero-order chi connectivity index (χ0) is 20.9. The molecule has 2 amide bonds. The van der Waals surface area contributed by atoms with Gasteiger partial charge in [-0.25, -0.2) is 14.8 Å². The second-order valence-electron chi connectivity index (χ2n) is 6.01. The van der Waals surface area contributed by atoms with Crippen molar-refractivity contribution in [1.29, 1.82) is 0 Å². The molecule has 1 aliphatic rings. The summed E-state index contributed by atoms with van der Waals surface area (Å²) in [4.78, 5) is 18.9. The average Bonchev–Trinajstić information content (AvgIpc) is 2.68. The Balaban J connectivity index is 1.62. The smallest absolute Gasteiger partial charge is 0.434 e. The van der Waals surface area contributed by atoms with Crippen molar-refractivity contribution in [2.24, 2.45) is 0 Å². The molecule has 1 aromatic heterocycles. The molecule has 0 bridgehead atoms. The van der Waals surface area contributed by atoms with Crippen molar-refractivity contribution in [3.8, 4) is 5.75 Å². The fourth-order valence-electron chi connectivity index (χ4n) is 2.44. The van der Waals surface area contributed by atoms with E-state index in [9.17, 15) is 18.0 Å². The summed E-state index contributed by atoms with van der Waals surface area (Å²) >= 11 is 5.98. The number of amides is 2. The first kappa shape index (κ1) is 21.1. The number of aromatic nitrogens is 2. The Kier molecular flexibility index (Phi) is 6.72. The molecule has 1 atom stereocenters. The molecule has 0 spiro atoms. The van der Waals surface area contributed by atoms with E-state index in [2.05, 4.69) is 25.9 Å². The highest BCUT2D eigenvalue weighted by Gasteiger charge is 2.32. The molecule has 1 aromatic carbocycles. The lowest BCUT2D eigenvalue weighted by molar-refractivity contribution is -0.141. The van der Waals surface area contributed by atoms with Crippen molar-refractivity contribution in [3.05, 3.63) is 41.3 Å². The third kappa shape index (κ3) is 6.17. The number of nitrogens with zero attached hydrogens (tertiary/aromatic N) is 2. The molecule has 1 aliphatic heterocycles. The largest absolute Gasteiger partial charge is 0.489 e. The molecule has 1 fully saturated rings. The predicted molar refractivity (Wildman–Crippen MR) is 99.2 cm³/mol. The van der Waals surface area contributed by atoms with Crippen molar-refractivity contribution in [1.82, 2.24) is 15.3 Å². The highest BCUT2D eigenvalue weighted by atomic mass is 35.5. The van der Waals surface area contributed by atoms with E-state index in [4.69, 9.17) is 21.1 Å². The first-order chi connectivity index (χ1) is 13.8. The van der Waals surface area contributed by atoms with Gasteiger partial charge in [-0.3, -0.25) is 5.32 Å². The number of benzene rings is 1. The number of rotatable bonds is 5. The average molecular weight is 432 g/mol. The molecule has 3 N–H and O–H groups in total. The predicted octanol–water partition coefficient (Wildman–Crippen LogP) is 3.16. The summed E-state index contributed by atoms with van der Waals surface area (Å²) in [5.41, 5.74) is -0.882. The van der Waals surface area contributed by atoms with Crippen LogP contribution in [0.25, 0.3) is 0 Å². The van der Waals surface area contributed by atoms with Crippen LogP contribution >= 0.6 is 11.6 Å². The van der Waals surface area contributed by atoms with E-state index in [1.165, 1.54) is 6.07 Å². The summed E-state index contributed by atoms with van der Waals surface area (Å²) in [6.45, 7) is 2.26. The number of carbonyl (C=O) groups excluding carboxylic acids is 1. The standard InChI is InChI=1S/C17H17ClF3N5O3/c18-10-1-2-13(29-9-11-6-22-3-4-28-11)12(5-10)25-16(27)26-15-8-23-14(7-24-15)17(19,20)21/h1-2,5,7-8,11,22H,3-4,6,9H2,(H2,24,25,26,27)/t11-/m1/s1. The van der Waals surface area contributed by atoms with Crippen molar-refractivity contribution in [2.45, 2.75) is 12.3 Å². The number of alkyl halides is 3. The molecular weight excluding hydrogens is 415 g/mol. The van der Waals surface area contributed by atoms with Crippen molar-refractivity contribution < 1.29 is 27.4 Å². The summed E-state index contributed by atoms with van der Waals surface area (Å²) < 4.78 is 48.8. The van der Waals surface area contributed by atoms with Crippen LogP contribution in [0.3, 0.4) is 0 Å². The third-order valence-electron chi connectivity index (χ3n) is 3.80. The quantitative estimate of drug-likeness (QED) is 0.673. The van der Waals surface area contributed by atoms with Crippen molar-refractivity contribution >= 4 is 29.1 Å². The van der Waals surface area contributed by atoms with Crippen LogP contribution in [0.2, 0.25) is 5.02 Å². The van der Waals surface area contributed by atoms with E-state index in [1.54, 1.807) is 12.1 Å². The highest BCUT2D eigenvalue weighted by molar-refractivity contribution is 6.31. The molecule has 2 aromatic rings. The van der Waals surface area contributed by atoms with Crippen LogP contribution in [-0.4, -0.2) is 48.4 Å². The van der Waals surface area contributed by atoms with Crippen LogP contribution in [0, 0.1) is 0 Å². The minimum Gasteiger partial charge on any atom is -0.489 e. The maximum absolute atomic E-state index is 12.5. The lowest BCUT2D eigenvalue weighted by atomic mass is 10.3. The Labute approximate surface area is 168 Å². The zero-order valence-corrected chi connectivity index (χ0v) is 15.7. The fraction of sp³-hybridized carbons (Fsp3) is 0.353. The Morgan fingerprint density at radius 2 is 2.14 bits per heavy atom. The van der Waals surface area contributed by atoms with Gasteiger partial charge in [0.25, 0.3) is 0 Å². The van der Waals surface area contributed by atoms with Gasteiger partial charge < -0.3 is 20.1 Å². The lowest BCUT2D eigenvalue weighted by Gasteiger charge is -2.24. The zero-order valence-electron chi connectivity index (χ0n) is 14.9. The van der Waals surface area contributed by atoms with Crippen LogP contribution in [0.15, 0.2) is 30.6 Å². The Morgan fingerprint density at radius 3 is 2.79 bits per heavy atom. The molecule has 0 unspecified atom stereocenters. The maximum atomic E-state index is 12.5. The fourth-order valence-corrected chi connectivity index (χ4v) is 2.62. The number of anilines is 2. The van der Waals surface area contributed by atoms with Gasteiger partial charge in [-0.15, -0.1) is 0 Å². The van der Waals surface area contributed by atoms with Crippen LogP contribution in [0.5, 0.6) is 5.75 Å². The molecule has 0 saturated carbocycles. The topological polar surface area (TPSA) is 97.4 Å². The molecule has 0 aliphatic carbocycles. The Hall–Kier alpha value is -2.63. The minimum atomic E-state index is -4.61. The summed E-state index contributed by atoms with van der Waals surface area (Å²) in [6, 6.07) is 3.92. The number of morpholine rings is 1. The SMILES string of the molecule is O=C(Nc1cnc(C(F)(F)F)cn1)Nc1cc(Cl)ccc1OC[C@H]1CNCCO1. The first-order valence-corrected chi connectivity index (χ1v) is 8.91. The molecule has 29 heavy (non-hydrogen) atoms. The molecular formula is C17H17ClF3N5O3.